The van der Waals surface area contributed by atoms with Crippen LogP contribution in [0.25, 0.3) is 43.1 Å². The minimum atomic E-state index is -4.60. The molecule has 7 aromatic carbocycles. The van der Waals surface area contributed by atoms with Crippen LogP contribution in [0.2, 0.25) is 0 Å². The van der Waals surface area contributed by atoms with E-state index in [0.29, 0.717) is 16.2 Å². The molecule has 0 spiro atoms. The monoisotopic (exact) mass is 914 g/mol. The zero-order valence-corrected chi connectivity index (χ0v) is 34.6. The normalized spacial score (nSPS) is 14.5. The SMILES string of the molecule is O=C1c2ccc3c4c(Oc5ccc(S(=O)(=O)O)cc5)cc5c6c(ccc(c7c(Oc8ccc(S(=O)(=O)O)cc8)cc(c2c37)C(=O)N1CCCO)c64)C(=O)N(CCCS(=O)(=O)O)C5=O. The van der Waals surface area contributed by atoms with Crippen LogP contribution in [0.4, 0.5) is 0 Å². The predicted molar refractivity (Wildman–Crippen MR) is 224 cm³/mol. The molecule has 0 aliphatic carbocycles. The van der Waals surface area contributed by atoms with Crippen molar-refractivity contribution < 1.29 is 72.7 Å². The minimum absolute atomic E-state index is 0.00948. The lowest BCUT2D eigenvalue weighted by Crippen LogP contribution is -2.41. The number of hydrogen-bond donors (Lipinski definition) is 4. The summed E-state index contributed by atoms with van der Waals surface area (Å²) in [6.45, 7) is -0.831. The van der Waals surface area contributed by atoms with Gasteiger partial charge in [-0.25, -0.2) is 0 Å². The quantitative estimate of drug-likeness (QED) is 0.0469. The summed E-state index contributed by atoms with van der Waals surface area (Å²) >= 11 is 0. The maximum absolute atomic E-state index is 14.4. The molecule has 2 aliphatic heterocycles. The number of imide groups is 2. The molecule has 4 amide bonds. The Morgan fingerprint density at radius 1 is 0.460 bits per heavy atom. The first-order chi connectivity index (χ1) is 29.8. The van der Waals surface area contributed by atoms with E-state index in [-0.39, 0.29) is 98.2 Å². The van der Waals surface area contributed by atoms with Gasteiger partial charge in [-0.1, -0.05) is 12.1 Å². The van der Waals surface area contributed by atoms with Crippen molar-refractivity contribution in [3.05, 3.63) is 107 Å². The van der Waals surface area contributed by atoms with Crippen LogP contribution in [0.5, 0.6) is 23.0 Å². The average molecular weight is 915 g/mol. The third kappa shape index (κ3) is 6.99. The van der Waals surface area contributed by atoms with Gasteiger partial charge in [-0.2, -0.15) is 25.3 Å². The number of carbonyl (C=O) groups excluding carboxylic acids is 4. The Morgan fingerprint density at radius 2 is 0.841 bits per heavy atom. The Kier molecular flexibility index (Phi) is 9.78. The smallest absolute Gasteiger partial charge is 0.294 e. The highest BCUT2D eigenvalue weighted by Crippen LogP contribution is 2.53. The number of ether oxygens (including phenoxy) is 2. The lowest BCUT2D eigenvalue weighted by atomic mass is 9.81. The van der Waals surface area contributed by atoms with E-state index >= 15 is 0 Å². The van der Waals surface area contributed by atoms with Crippen molar-refractivity contribution in [2.75, 3.05) is 25.4 Å². The second-order valence-electron chi connectivity index (χ2n) is 14.8. The van der Waals surface area contributed by atoms with Gasteiger partial charge < -0.3 is 14.6 Å². The molecule has 2 heterocycles. The fraction of sp³-hybridized carbons (Fsp3) is 0.143. The Labute approximate surface area is 356 Å². The van der Waals surface area contributed by atoms with Gasteiger partial charge in [0.15, 0.2) is 0 Å². The van der Waals surface area contributed by atoms with Gasteiger partial charge >= 0.3 is 0 Å². The van der Waals surface area contributed by atoms with Gasteiger partial charge in [0, 0.05) is 63.1 Å². The molecule has 0 bridgehead atoms. The first-order valence-electron chi connectivity index (χ1n) is 18.8. The number of aliphatic hydroxyl groups is 1. The van der Waals surface area contributed by atoms with Crippen molar-refractivity contribution in [2.24, 2.45) is 0 Å². The summed E-state index contributed by atoms with van der Waals surface area (Å²) < 4.78 is 112. The van der Waals surface area contributed by atoms with Crippen molar-refractivity contribution in [1.82, 2.24) is 9.80 Å². The summed E-state index contributed by atoms with van der Waals surface area (Å²) in [4.78, 5) is 57.8. The van der Waals surface area contributed by atoms with Crippen LogP contribution in [0.1, 0.15) is 54.3 Å². The van der Waals surface area contributed by atoms with E-state index in [1.54, 1.807) is 12.1 Å². The molecule has 4 N–H and O–H groups in total. The van der Waals surface area contributed by atoms with Gasteiger partial charge in [0.05, 0.1) is 26.7 Å². The largest absolute Gasteiger partial charge is 0.457 e. The first-order valence-corrected chi connectivity index (χ1v) is 23.3. The Morgan fingerprint density at radius 3 is 1.21 bits per heavy atom. The van der Waals surface area contributed by atoms with Crippen LogP contribution in [-0.4, -0.2) is 103 Å². The molecule has 0 fully saturated rings. The molecule has 21 heteroatoms. The number of carbonyl (C=O) groups is 4. The number of rotatable bonds is 13. The van der Waals surface area contributed by atoms with Crippen LogP contribution in [0.15, 0.2) is 94.7 Å². The van der Waals surface area contributed by atoms with Gasteiger partial charge in [-0.15, -0.1) is 0 Å². The Bertz CT molecular complexity index is 3520. The lowest BCUT2D eigenvalue weighted by Gasteiger charge is -2.31. The van der Waals surface area contributed by atoms with E-state index in [2.05, 4.69) is 0 Å². The molecular formula is C42H30N2O16S3. The molecule has 0 atom stereocenters. The van der Waals surface area contributed by atoms with Crippen molar-refractivity contribution in [2.45, 2.75) is 22.6 Å². The molecule has 2 aliphatic rings. The van der Waals surface area contributed by atoms with Crippen LogP contribution < -0.4 is 9.47 Å². The number of benzene rings is 7. The Hall–Kier alpha value is -6.59. The van der Waals surface area contributed by atoms with Gasteiger partial charge in [0.2, 0.25) is 0 Å². The fourth-order valence-corrected chi connectivity index (χ4v) is 9.76. The van der Waals surface area contributed by atoms with Crippen molar-refractivity contribution in [1.29, 1.82) is 0 Å². The number of amides is 4. The van der Waals surface area contributed by atoms with Crippen LogP contribution in [0.3, 0.4) is 0 Å². The van der Waals surface area contributed by atoms with E-state index in [0.717, 1.165) is 34.1 Å². The van der Waals surface area contributed by atoms with Crippen LogP contribution >= 0.6 is 0 Å². The average Bonchev–Trinajstić information content (AvgIpc) is 3.22. The molecule has 7 aromatic rings. The molecule has 18 nitrogen and oxygen atoms in total. The van der Waals surface area contributed by atoms with Crippen molar-refractivity contribution in [3.63, 3.8) is 0 Å². The number of aliphatic hydroxyl groups excluding tert-OH is 1. The summed E-state index contributed by atoms with van der Waals surface area (Å²) in [6.07, 6.45) is -0.216. The zero-order valence-electron chi connectivity index (χ0n) is 32.1. The Balaban J connectivity index is 1.38. The van der Waals surface area contributed by atoms with E-state index in [1.165, 1.54) is 48.5 Å². The maximum Gasteiger partial charge on any atom is 0.294 e. The summed E-state index contributed by atoms with van der Waals surface area (Å²) in [5.74, 6) is -3.66. The van der Waals surface area contributed by atoms with Crippen LogP contribution in [0, 0.1) is 0 Å². The second kappa shape index (κ2) is 14.8. The predicted octanol–water partition coefficient (Wildman–Crippen LogP) is 5.67. The van der Waals surface area contributed by atoms with E-state index < -0.39 is 76.1 Å². The topological polar surface area (TPSA) is 277 Å². The number of fused-ring (bicyclic) bond motifs is 2. The molecule has 63 heavy (non-hydrogen) atoms. The molecule has 0 unspecified atom stereocenters. The molecule has 9 rings (SSSR count). The van der Waals surface area contributed by atoms with Crippen LogP contribution in [-0.2, 0) is 30.4 Å². The summed E-state index contributed by atoms with van der Waals surface area (Å²) in [6, 6.07) is 18.2. The first kappa shape index (κ1) is 41.7. The van der Waals surface area contributed by atoms with E-state index in [4.69, 9.17) is 9.47 Å². The molecule has 322 valence electrons. The van der Waals surface area contributed by atoms with Gasteiger partial charge in [0.1, 0.15) is 23.0 Å². The van der Waals surface area contributed by atoms with Crippen molar-refractivity contribution in [3.8, 4) is 23.0 Å². The number of hydrogen-bond acceptors (Lipinski definition) is 13. The highest BCUT2D eigenvalue weighted by molar-refractivity contribution is 7.86. The van der Waals surface area contributed by atoms with Crippen molar-refractivity contribution >= 4 is 97.1 Å². The fourth-order valence-electron chi connectivity index (χ4n) is 8.31. The van der Waals surface area contributed by atoms with Gasteiger partial charge in [0.25, 0.3) is 54.0 Å². The maximum atomic E-state index is 14.4. The zero-order chi connectivity index (χ0) is 44.9. The van der Waals surface area contributed by atoms with E-state index in [9.17, 15) is 63.2 Å². The standard InChI is InChI=1S/C42H30N2O16S3/c45-17-1-15-43-39(46)27-13-11-25-36-32(60-22-5-9-24(10-6-22)63(56,57)58)20-30-34-28(40(47)44(42(30)49)16-2-18-61(50,51)52)14-12-26(38(34)36)35-31(19-29(41(43)48)33(27)37(25)35)59-21-3-7-23(8-4-21)62(53,54)55/h3-14,19-20,45H,1-2,15-18H2,(H,50,51,52)(H,53,54,55)(H,56,57,58). The highest BCUT2D eigenvalue weighted by atomic mass is 32.2. The summed E-state index contributed by atoms with van der Waals surface area (Å²) in [5.41, 5.74) is 0.109. The molecule has 0 saturated heterocycles. The molecular weight excluding hydrogens is 885 g/mol. The van der Waals surface area contributed by atoms with Gasteiger partial charge in [-0.3, -0.25) is 42.6 Å². The minimum Gasteiger partial charge on any atom is -0.457 e. The third-order valence-electron chi connectivity index (χ3n) is 11.0. The lowest BCUT2D eigenvalue weighted by molar-refractivity contribution is 0.0589. The molecule has 0 aromatic heterocycles. The summed E-state index contributed by atoms with van der Waals surface area (Å²) in [5, 5.41) is 11.7. The van der Waals surface area contributed by atoms with E-state index in [1.807, 2.05) is 0 Å². The molecule has 0 saturated carbocycles. The molecule has 0 radical (unpaired) electrons. The number of nitrogens with zero attached hydrogens (tertiary/aromatic N) is 2. The summed E-state index contributed by atoms with van der Waals surface area (Å²) in [7, 11) is -13.6. The highest BCUT2D eigenvalue weighted by Gasteiger charge is 2.39. The van der Waals surface area contributed by atoms with Gasteiger partial charge in [-0.05, 0) is 96.4 Å². The third-order valence-corrected chi connectivity index (χ3v) is 13.5. The second-order valence-corrected chi connectivity index (χ2v) is 19.2.